The zero-order valence-corrected chi connectivity index (χ0v) is 11.8. The van der Waals surface area contributed by atoms with Crippen molar-refractivity contribution in [2.75, 3.05) is 5.32 Å². The van der Waals surface area contributed by atoms with Crippen molar-refractivity contribution in [3.63, 3.8) is 0 Å². The van der Waals surface area contributed by atoms with Gasteiger partial charge in [0.05, 0.1) is 22.8 Å². The molecule has 2 atom stereocenters. The molecule has 0 aliphatic rings. The molecule has 1 aromatic heterocycles. The second-order valence-electron chi connectivity index (χ2n) is 4.57. The van der Waals surface area contributed by atoms with Gasteiger partial charge < -0.3 is 11.1 Å². The minimum absolute atomic E-state index is 0.184. The third-order valence-electron chi connectivity index (χ3n) is 3.16. The van der Waals surface area contributed by atoms with Gasteiger partial charge in [0.1, 0.15) is 0 Å². The van der Waals surface area contributed by atoms with Gasteiger partial charge in [0.15, 0.2) is 0 Å². The summed E-state index contributed by atoms with van der Waals surface area (Å²) in [6.07, 6.45) is 3.08. The highest BCUT2D eigenvalue weighted by molar-refractivity contribution is 6.33. The van der Waals surface area contributed by atoms with Crippen molar-refractivity contribution < 1.29 is 4.79 Å². The van der Waals surface area contributed by atoms with Gasteiger partial charge in [-0.3, -0.25) is 9.78 Å². The Balaban J connectivity index is 2.08. The summed E-state index contributed by atoms with van der Waals surface area (Å²) in [6.45, 7) is 1.79. The highest BCUT2D eigenvalue weighted by atomic mass is 35.5. The maximum absolute atomic E-state index is 12.2. The quantitative estimate of drug-likeness (QED) is 0.909. The number of anilines is 1. The van der Waals surface area contributed by atoms with E-state index >= 15 is 0 Å². The molecule has 1 aromatic carbocycles. The topological polar surface area (TPSA) is 68.0 Å². The Bertz CT molecular complexity index is 589. The molecule has 20 heavy (non-hydrogen) atoms. The van der Waals surface area contributed by atoms with Crippen molar-refractivity contribution in [1.82, 2.24) is 4.98 Å². The summed E-state index contributed by atoms with van der Waals surface area (Å²) in [5, 5.41) is 3.20. The Labute approximate surface area is 123 Å². The molecule has 4 nitrogen and oxygen atoms in total. The summed E-state index contributed by atoms with van der Waals surface area (Å²) < 4.78 is 0. The van der Waals surface area contributed by atoms with Gasteiger partial charge in [-0.1, -0.05) is 48.9 Å². The number of rotatable bonds is 4. The summed E-state index contributed by atoms with van der Waals surface area (Å²) >= 11 is 5.98. The lowest BCUT2D eigenvalue weighted by Gasteiger charge is -2.20. The van der Waals surface area contributed by atoms with Crippen LogP contribution in [0, 0.1) is 5.92 Å². The van der Waals surface area contributed by atoms with Gasteiger partial charge in [-0.25, -0.2) is 0 Å². The number of nitrogens with zero attached hydrogens (tertiary/aromatic N) is 1. The molecular formula is C15H16ClN3O. The number of benzene rings is 1. The number of halogens is 1. The molecule has 1 amide bonds. The molecule has 2 unspecified atom stereocenters. The zero-order chi connectivity index (χ0) is 14.5. The zero-order valence-electron chi connectivity index (χ0n) is 11.1. The fourth-order valence-electron chi connectivity index (χ4n) is 1.84. The minimum atomic E-state index is -0.381. The SMILES string of the molecule is CC(C(=O)Nc1cnccc1Cl)C(N)c1ccccc1. The molecule has 3 N–H and O–H groups in total. The van der Waals surface area contributed by atoms with E-state index in [1.165, 1.54) is 6.20 Å². The molecule has 104 valence electrons. The van der Waals surface area contributed by atoms with Crippen LogP contribution in [-0.4, -0.2) is 10.9 Å². The van der Waals surface area contributed by atoms with Gasteiger partial charge in [0.25, 0.3) is 0 Å². The number of hydrogen-bond donors (Lipinski definition) is 2. The van der Waals surface area contributed by atoms with Crippen LogP contribution in [0.4, 0.5) is 5.69 Å². The lowest BCUT2D eigenvalue weighted by Crippen LogP contribution is -2.30. The number of amides is 1. The van der Waals surface area contributed by atoms with Crippen molar-refractivity contribution >= 4 is 23.2 Å². The predicted molar refractivity (Wildman–Crippen MR) is 80.4 cm³/mol. The highest BCUT2D eigenvalue weighted by Crippen LogP contribution is 2.23. The van der Waals surface area contributed by atoms with E-state index in [0.717, 1.165) is 5.56 Å². The molecule has 0 bridgehead atoms. The van der Waals surface area contributed by atoms with Crippen LogP contribution in [0.25, 0.3) is 0 Å². The predicted octanol–water partition coefficient (Wildman–Crippen LogP) is 3.01. The summed E-state index contributed by atoms with van der Waals surface area (Å²) in [7, 11) is 0. The van der Waals surface area contributed by atoms with Crippen molar-refractivity contribution in [2.45, 2.75) is 13.0 Å². The summed E-state index contributed by atoms with van der Waals surface area (Å²) in [5.74, 6) is -0.565. The molecule has 5 heteroatoms. The number of carbonyl (C=O) groups is 1. The van der Waals surface area contributed by atoms with E-state index in [1.54, 1.807) is 19.2 Å². The summed E-state index contributed by atoms with van der Waals surface area (Å²) in [4.78, 5) is 16.1. The molecule has 0 aliphatic carbocycles. The van der Waals surface area contributed by atoms with Crippen LogP contribution in [0.3, 0.4) is 0 Å². The van der Waals surface area contributed by atoms with E-state index in [-0.39, 0.29) is 17.9 Å². The van der Waals surface area contributed by atoms with Crippen LogP contribution in [0.15, 0.2) is 48.8 Å². The van der Waals surface area contributed by atoms with E-state index in [4.69, 9.17) is 17.3 Å². The second-order valence-corrected chi connectivity index (χ2v) is 4.98. The average Bonchev–Trinajstić information content (AvgIpc) is 2.49. The Morgan fingerprint density at radius 3 is 2.65 bits per heavy atom. The van der Waals surface area contributed by atoms with E-state index in [1.807, 2.05) is 30.3 Å². The first-order valence-corrected chi connectivity index (χ1v) is 6.68. The fraction of sp³-hybridized carbons (Fsp3) is 0.200. The largest absolute Gasteiger partial charge is 0.323 e. The van der Waals surface area contributed by atoms with Crippen LogP contribution < -0.4 is 11.1 Å². The van der Waals surface area contributed by atoms with E-state index < -0.39 is 0 Å². The molecule has 2 aromatic rings. The van der Waals surface area contributed by atoms with Gasteiger partial charge in [-0.05, 0) is 11.6 Å². The number of nitrogens with one attached hydrogen (secondary N) is 1. The smallest absolute Gasteiger partial charge is 0.229 e. The van der Waals surface area contributed by atoms with Crippen LogP contribution >= 0.6 is 11.6 Å². The Kier molecular flexibility index (Phi) is 4.71. The molecule has 0 fully saturated rings. The van der Waals surface area contributed by atoms with Crippen LogP contribution in [0.2, 0.25) is 5.02 Å². The fourth-order valence-corrected chi connectivity index (χ4v) is 2.00. The normalized spacial score (nSPS) is 13.6. The molecule has 0 radical (unpaired) electrons. The molecule has 0 saturated carbocycles. The standard InChI is InChI=1S/C15H16ClN3O/c1-10(14(17)11-5-3-2-4-6-11)15(20)19-13-9-18-8-7-12(13)16/h2-10,14H,17H2,1H3,(H,19,20). The Morgan fingerprint density at radius 1 is 1.30 bits per heavy atom. The Morgan fingerprint density at radius 2 is 2.00 bits per heavy atom. The number of aromatic nitrogens is 1. The third kappa shape index (κ3) is 3.35. The maximum Gasteiger partial charge on any atom is 0.229 e. The van der Waals surface area contributed by atoms with E-state index in [2.05, 4.69) is 10.3 Å². The summed E-state index contributed by atoms with van der Waals surface area (Å²) in [5.41, 5.74) is 7.54. The number of carbonyl (C=O) groups excluding carboxylic acids is 1. The lowest BCUT2D eigenvalue weighted by molar-refractivity contribution is -0.120. The second kappa shape index (κ2) is 6.50. The molecule has 0 aliphatic heterocycles. The molecule has 1 heterocycles. The number of nitrogens with two attached hydrogens (primary N) is 1. The third-order valence-corrected chi connectivity index (χ3v) is 3.49. The molecule has 0 saturated heterocycles. The van der Waals surface area contributed by atoms with Gasteiger partial charge in [0.2, 0.25) is 5.91 Å². The highest BCUT2D eigenvalue weighted by Gasteiger charge is 2.22. The van der Waals surface area contributed by atoms with Gasteiger partial charge in [-0.2, -0.15) is 0 Å². The number of hydrogen-bond acceptors (Lipinski definition) is 3. The van der Waals surface area contributed by atoms with Crippen LogP contribution in [0.1, 0.15) is 18.5 Å². The monoisotopic (exact) mass is 289 g/mol. The van der Waals surface area contributed by atoms with E-state index in [0.29, 0.717) is 10.7 Å². The van der Waals surface area contributed by atoms with Crippen molar-refractivity contribution in [1.29, 1.82) is 0 Å². The first kappa shape index (κ1) is 14.5. The molecule has 2 rings (SSSR count). The van der Waals surface area contributed by atoms with Crippen LogP contribution in [-0.2, 0) is 4.79 Å². The summed E-state index contributed by atoms with van der Waals surface area (Å²) in [6, 6.07) is 10.8. The van der Waals surface area contributed by atoms with Gasteiger partial charge in [-0.15, -0.1) is 0 Å². The first-order valence-electron chi connectivity index (χ1n) is 6.30. The van der Waals surface area contributed by atoms with Crippen LogP contribution in [0.5, 0.6) is 0 Å². The average molecular weight is 290 g/mol. The Hall–Kier alpha value is -1.91. The van der Waals surface area contributed by atoms with Crippen molar-refractivity contribution in [3.05, 3.63) is 59.4 Å². The number of pyridine rings is 1. The first-order chi connectivity index (χ1) is 9.59. The van der Waals surface area contributed by atoms with E-state index in [9.17, 15) is 4.79 Å². The molecule has 0 spiro atoms. The minimum Gasteiger partial charge on any atom is -0.323 e. The lowest BCUT2D eigenvalue weighted by atomic mass is 9.94. The van der Waals surface area contributed by atoms with Gasteiger partial charge in [0, 0.05) is 12.2 Å². The van der Waals surface area contributed by atoms with Crippen molar-refractivity contribution in [2.24, 2.45) is 11.7 Å². The molecular weight excluding hydrogens is 274 g/mol. The van der Waals surface area contributed by atoms with Crippen molar-refractivity contribution in [3.8, 4) is 0 Å². The van der Waals surface area contributed by atoms with Gasteiger partial charge >= 0.3 is 0 Å². The maximum atomic E-state index is 12.2.